The monoisotopic (exact) mass is 346 g/mol. The Hall–Kier alpha value is -0.660. The van der Waals surface area contributed by atoms with Gasteiger partial charge in [0.25, 0.3) is 0 Å². The third kappa shape index (κ3) is 4.25. The zero-order valence-electron chi connectivity index (χ0n) is 14.5. The number of nitrogens with one attached hydrogen (secondary N) is 1. The van der Waals surface area contributed by atoms with Gasteiger partial charge in [-0.05, 0) is 31.1 Å². The van der Waals surface area contributed by atoms with Gasteiger partial charge in [0.15, 0.2) is 0 Å². The molecule has 2 saturated heterocycles. The fraction of sp³-hybridized carbons (Fsp3) is 0.938. The van der Waals surface area contributed by atoms with Crippen molar-refractivity contribution >= 4 is 15.9 Å². The van der Waals surface area contributed by atoms with Crippen molar-refractivity contribution in [1.82, 2.24) is 9.62 Å². The van der Waals surface area contributed by atoms with Crippen LogP contribution in [-0.2, 0) is 14.8 Å². The molecule has 2 rings (SSSR count). The first-order chi connectivity index (χ1) is 10.6. The van der Waals surface area contributed by atoms with Gasteiger partial charge < -0.3 is 10.4 Å². The predicted molar refractivity (Wildman–Crippen MR) is 89.3 cm³/mol. The van der Waals surface area contributed by atoms with Crippen LogP contribution in [-0.4, -0.2) is 55.2 Å². The number of rotatable bonds is 5. The summed E-state index contributed by atoms with van der Waals surface area (Å²) in [5.41, 5.74) is -0.566. The van der Waals surface area contributed by atoms with Crippen LogP contribution in [0.4, 0.5) is 0 Å². The minimum atomic E-state index is -3.27. The van der Waals surface area contributed by atoms with E-state index in [1.165, 1.54) is 4.31 Å². The van der Waals surface area contributed by atoms with Crippen LogP contribution >= 0.6 is 0 Å². The number of hydrogen-bond donors (Lipinski definition) is 2. The maximum absolute atomic E-state index is 12.5. The summed E-state index contributed by atoms with van der Waals surface area (Å²) in [4.78, 5) is 12.2. The maximum atomic E-state index is 12.5. The number of carbonyl (C=O) groups excluding carboxylic acids is 1. The summed E-state index contributed by atoms with van der Waals surface area (Å²) >= 11 is 0. The molecule has 0 aromatic heterocycles. The van der Waals surface area contributed by atoms with E-state index in [0.29, 0.717) is 45.3 Å². The first-order valence-electron chi connectivity index (χ1n) is 8.54. The Balaban J connectivity index is 1.96. The first-order valence-corrected chi connectivity index (χ1v) is 10.2. The number of piperidine rings is 2. The van der Waals surface area contributed by atoms with Crippen molar-refractivity contribution < 1.29 is 18.3 Å². The topological polar surface area (TPSA) is 86.7 Å². The van der Waals surface area contributed by atoms with E-state index in [2.05, 4.69) is 26.1 Å². The molecule has 0 aromatic rings. The number of sulfonamides is 1. The van der Waals surface area contributed by atoms with Crippen LogP contribution in [0, 0.1) is 10.8 Å². The molecular weight excluding hydrogens is 316 g/mol. The van der Waals surface area contributed by atoms with Gasteiger partial charge in [0.1, 0.15) is 0 Å². The smallest absolute Gasteiger partial charge is 0.226 e. The summed E-state index contributed by atoms with van der Waals surface area (Å²) in [6.45, 7) is 7.28. The molecule has 1 spiro atoms. The SMILES string of the molecule is CCC(C)(C)CCS(=O)(=O)N1CCC2(CC1)CC(O)CNC2=O. The van der Waals surface area contributed by atoms with Crippen molar-refractivity contribution in [2.45, 2.75) is 59.0 Å². The molecular formula is C16H30N2O4S. The highest BCUT2D eigenvalue weighted by molar-refractivity contribution is 7.89. The number of hydrogen-bond acceptors (Lipinski definition) is 4. The molecule has 2 fully saturated rings. The van der Waals surface area contributed by atoms with Gasteiger partial charge in [-0.3, -0.25) is 4.79 Å². The summed E-state index contributed by atoms with van der Waals surface area (Å²) in [6.07, 6.45) is 2.49. The van der Waals surface area contributed by atoms with Gasteiger partial charge in [0.05, 0.1) is 17.3 Å². The molecule has 6 nitrogen and oxygen atoms in total. The second-order valence-electron chi connectivity index (χ2n) is 7.83. The Bertz CT molecular complexity index is 536. The van der Waals surface area contributed by atoms with Crippen LogP contribution in [0.3, 0.4) is 0 Å². The molecule has 1 unspecified atom stereocenters. The molecule has 0 radical (unpaired) electrons. The number of aliphatic hydroxyl groups excluding tert-OH is 1. The van der Waals surface area contributed by atoms with Crippen molar-refractivity contribution in [3.8, 4) is 0 Å². The lowest BCUT2D eigenvalue weighted by Gasteiger charge is -2.43. The van der Waals surface area contributed by atoms with Crippen molar-refractivity contribution in [3.05, 3.63) is 0 Å². The molecule has 0 saturated carbocycles. The van der Waals surface area contributed by atoms with E-state index in [9.17, 15) is 18.3 Å². The standard InChI is InChI=1S/C16H30N2O4S/c1-4-15(2,3)7-10-23(21,22)18-8-5-16(6-9-18)11-13(19)12-17-14(16)20/h13,19H,4-12H2,1-3H3,(H,17,20). The zero-order valence-corrected chi connectivity index (χ0v) is 15.3. The van der Waals surface area contributed by atoms with Gasteiger partial charge in [-0.15, -0.1) is 0 Å². The molecule has 2 N–H and O–H groups in total. The normalized spacial score (nSPS) is 26.3. The van der Waals surface area contributed by atoms with Crippen LogP contribution < -0.4 is 5.32 Å². The molecule has 1 amide bonds. The van der Waals surface area contributed by atoms with E-state index in [1.54, 1.807) is 0 Å². The maximum Gasteiger partial charge on any atom is 0.226 e. The van der Waals surface area contributed by atoms with E-state index in [0.717, 1.165) is 6.42 Å². The van der Waals surface area contributed by atoms with Crippen LogP contribution in [0.2, 0.25) is 0 Å². The van der Waals surface area contributed by atoms with Crippen LogP contribution in [0.5, 0.6) is 0 Å². The second-order valence-corrected chi connectivity index (χ2v) is 9.92. The fourth-order valence-corrected chi connectivity index (χ4v) is 5.16. The van der Waals surface area contributed by atoms with Crippen molar-refractivity contribution in [1.29, 1.82) is 0 Å². The van der Waals surface area contributed by atoms with Gasteiger partial charge in [0.2, 0.25) is 15.9 Å². The number of aliphatic hydroxyl groups is 1. The Morgan fingerprint density at radius 1 is 1.35 bits per heavy atom. The van der Waals surface area contributed by atoms with Crippen LogP contribution in [0.15, 0.2) is 0 Å². The van der Waals surface area contributed by atoms with E-state index >= 15 is 0 Å². The van der Waals surface area contributed by atoms with Crippen LogP contribution in [0.25, 0.3) is 0 Å². The van der Waals surface area contributed by atoms with Gasteiger partial charge >= 0.3 is 0 Å². The summed E-state index contributed by atoms with van der Waals surface area (Å²) in [7, 11) is -3.27. The molecule has 2 aliphatic heterocycles. The fourth-order valence-electron chi connectivity index (χ4n) is 3.35. The highest BCUT2D eigenvalue weighted by Crippen LogP contribution is 2.39. The van der Waals surface area contributed by atoms with E-state index < -0.39 is 21.5 Å². The minimum absolute atomic E-state index is 0.0252. The Labute approximate surface area is 139 Å². The molecule has 1 atom stereocenters. The molecule has 23 heavy (non-hydrogen) atoms. The largest absolute Gasteiger partial charge is 0.391 e. The summed E-state index contributed by atoms with van der Waals surface area (Å²) < 4.78 is 26.6. The summed E-state index contributed by atoms with van der Waals surface area (Å²) in [5, 5.41) is 12.6. The highest BCUT2D eigenvalue weighted by Gasteiger charge is 2.46. The first kappa shape index (κ1) is 18.7. The lowest BCUT2D eigenvalue weighted by molar-refractivity contribution is -0.140. The summed E-state index contributed by atoms with van der Waals surface area (Å²) in [5.74, 6) is 0.127. The van der Waals surface area contributed by atoms with Crippen molar-refractivity contribution in [2.75, 3.05) is 25.4 Å². The average molecular weight is 346 g/mol. The number of nitrogens with zero attached hydrogens (tertiary/aromatic N) is 1. The molecule has 134 valence electrons. The lowest BCUT2D eigenvalue weighted by Crippen LogP contribution is -2.56. The lowest BCUT2D eigenvalue weighted by atomic mass is 9.72. The van der Waals surface area contributed by atoms with Gasteiger partial charge in [-0.1, -0.05) is 27.2 Å². The highest BCUT2D eigenvalue weighted by atomic mass is 32.2. The Morgan fingerprint density at radius 3 is 2.52 bits per heavy atom. The van der Waals surface area contributed by atoms with Crippen molar-refractivity contribution in [3.63, 3.8) is 0 Å². The molecule has 2 heterocycles. The van der Waals surface area contributed by atoms with E-state index in [4.69, 9.17) is 0 Å². The molecule has 0 aromatic carbocycles. The third-order valence-corrected chi connectivity index (χ3v) is 7.55. The Morgan fingerprint density at radius 2 is 1.96 bits per heavy atom. The predicted octanol–water partition coefficient (Wildman–Crippen LogP) is 1.11. The second kappa shape index (κ2) is 6.69. The number of β-amino-alcohol motifs (C(OH)–C–C–N with tert-alkyl or cyclic N) is 1. The van der Waals surface area contributed by atoms with Gasteiger partial charge in [-0.2, -0.15) is 0 Å². The van der Waals surface area contributed by atoms with E-state index in [-0.39, 0.29) is 17.1 Å². The quantitative estimate of drug-likeness (QED) is 0.781. The number of amides is 1. The van der Waals surface area contributed by atoms with Gasteiger partial charge in [0, 0.05) is 19.6 Å². The van der Waals surface area contributed by atoms with Crippen molar-refractivity contribution in [2.24, 2.45) is 10.8 Å². The van der Waals surface area contributed by atoms with Gasteiger partial charge in [-0.25, -0.2) is 12.7 Å². The minimum Gasteiger partial charge on any atom is -0.391 e. The molecule has 7 heteroatoms. The molecule has 0 aliphatic carbocycles. The number of carbonyl (C=O) groups is 1. The third-order valence-electron chi connectivity index (χ3n) is 5.67. The Kier molecular flexibility index (Phi) is 5.43. The van der Waals surface area contributed by atoms with Crippen LogP contribution in [0.1, 0.15) is 52.9 Å². The molecule has 0 bridgehead atoms. The zero-order chi connectivity index (χ0) is 17.3. The summed E-state index contributed by atoms with van der Waals surface area (Å²) in [6, 6.07) is 0. The molecule has 2 aliphatic rings. The van der Waals surface area contributed by atoms with E-state index in [1.807, 2.05) is 0 Å². The average Bonchev–Trinajstić information content (AvgIpc) is 2.50.